The third kappa shape index (κ3) is 3.05. The molecule has 2 heterocycles. The summed E-state index contributed by atoms with van der Waals surface area (Å²) >= 11 is 6.00. The van der Waals surface area contributed by atoms with Crippen LogP contribution in [0.3, 0.4) is 0 Å². The molecule has 2 aromatic rings. The molecule has 118 valence electrons. The fourth-order valence-electron chi connectivity index (χ4n) is 2.49. The minimum absolute atomic E-state index is 0. The van der Waals surface area contributed by atoms with E-state index in [-0.39, 0.29) is 18.4 Å². The number of aryl methyl sites for hydroxylation is 1. The van der Waals surface area contributed by atoms with Crippen molar-refractivity contribution < 1.29 is 4.79 Å². The fraction of sp³-hybridized carbons (Fsp3) is 0.333. The highest BCUT2D eigenvalue weighted by Gasteiger charge is 2.30. The topological polar surface area (TPSA) is 41.4 Å². The van der Waals surface area contributed by atoms with Crippen LogP contribution in [0.25, 0.3) is 0 Å². The van der Waals surface area contributed by atoms with Crippen molar-refractivity contribution in [3.05, 3.63) is 47.0 Å². The summed E-state index contributed by atoms with van der Waals surface area (Å²) in [5.74, 6) is 0. The third-order valence-corrected chi connectivity index (χ3v) is 4.12. The second-order valence-corrected chi connectivity index (χ2v) is 5.66. The van der Waals surface area contributed by atoms with Crippen molar-refractivity contribution >= 4 is 35.7 Å². The van der Waals surface area contributed by atoms with Crippen LogP contribution in [0.1, 0.15) is 11.4 Å². The number of nitrogens with zero attached hydrogens (tertiary/aromatic N) is 4. The van der Waals surface area contributed by atoms with E-state index < -0.39 is 0 Å². The lowest BCUT2D eigenvalue weighted by molar-refractivity contribution is 0.218. The second-order valence-electron chi connectivity index (χ2n) is 5.22. The SMILES string of the molecule is Cc1c(CN2CCN(c3cccc(Cl)c3)C2=O)ncn1C.Cl. The van der Waals surface area contributed by atoms with Gasteiger partial charge in [0.15, 0.2) is 0 Å². The van der Waals surface area contributed by atoms with E-state index in [1.807, 2.05) is 41.6 Å². The molecule has 0 saturated carbocycles. The molecule has 3 rings (SSSR count). The monoisotopic (exact) mass is 340 g/mol. The van der Waals surface area contributed by atoms with Crippen molar-refractivity contribution in [1.82, 2.24) is 14.5 Å². The summed E-state index contributed by atoms with van der Waals surface area (Å²) in [6, 6.07) is 7.38. The summed E-state index contributed by atoms with van der Waals surface area (Å²) in [6.45, 7) is 3.92. The van der Waals surface area contributed by atoms with E-state index in [1.165, 1.54) is 0 Å². The van der Waals surface area contributed by atoms with Gasteiger partial charge in [-0.25, -0.2) is 9.78 Å². The average molecular weight is 341 g/mol. The Morgan fingerprint density at radius 3 is 2.73 bits per heavy atom. The van der Waals surface area contributed by atoms with Gasteiger partial charge < -0.3 is 9.47 Å². The van der Waals surface area contributed by atoms with Crippen LogP contribution in [-0.4, -0.2) is 33.6 Å². The molecule has 22 heavy (non-hydrogen) atoms. The van der Waals surface area contributed by atoms with Gasteiger partial charge in [-0.1, -0.05) is 17.7 Å². The van der Waals surface area contributed by atoms with Gasteiger partial charge in [0.05, 0.1) is 18.6 Å². The van der Waals surface area contributed by atoms with E-state index >= 15 is 0 Å². The first-order valence-corrected chi connectivity index (χ1v) is 7.23. The molecule has 1 aromatic heterocycles. The Morgan fingerprint density at radius 2 is 2.09 bits per heavy atom. The predicted octanol–water partition coefficient (Wildman–Crippen LogP) is 3.25. The van der Waals surface area contributed by atoms with E-state index in [4.69, 9.17) is 11.6 Å². The van der Waals surface area contributed by atoms with Gasteiger partial charge in [-0.15, -0.1) is 12.4 Å². The van der Waals surface area contributed by atoms with Crippen LogP contribution in [0.15, 0.2) is 30.6 Å². The minimum atomic E-state index is 0. The van der Waals surface area contributed by atoms with Gasteiger partial charge in [0.25, 0.3) is 0 Å². The summed E-state index contributed by atoms with van der Waals surface area (Å²) in [7, 11) is 1.95. The molecule has 7 heteroatoms. The summed E-state index contributed by atoms with van der Waals surface area (Å²) in [4.78, 5) is 20.4. The highest BCUT2D eigenvalue weighted by atomic mass is 35.5. The number of hydrogen-bond acceptors (Lipinski definition) is 2. The van der Waals surface area contributed by atoms with Crippen LogP contribution in [0.2, 0.25) is 5.02 Å². The fourth-order valence-corrected chi connectivity index (χ4v) is 2.67. The molecule has 0 aliphatic carbocycles. The van der Waals surface area contributed by atoms with Crippen molar-refractivity contribution in [2.45, 2.75) is 13.5 Å². The number of amides is 2. The summed E-state index contributed by atoms with van der Waals surface area (Å²) in [6.07, 6.45) is 1.78. The van der Waals surface area contributed by atoms with Gasteiger partial charge in [-0.2, -0.15) is 0 Å². The number of urea groups is 1. The Bertz CT molecular complexity index is 686. The molecule has 0 atom stereocenters. The molecular weight excluding hydrogens is 323 g/mol. The molecule has 1 aliphatic heterocycles. The van der Waals surface area contributed by atoms with E-state index in [2.05, 4.69) is 4.98 Å². The summed E-state index contributed by atoms with van der Waals surface area (Å²) in [5.41, 5.74) is 2.87. The van der Waals surface area contributed by atoms with E-state index in [0.29, 0.717) is 24.7 Å². The number of imidazole rings is 1. The first-order chi connectivity index (χ1) is 10.1. The standard InChI is InChI=1S/C15H17ClN4O.ClH/c1-11-14(17-10-18(11)2)9-19-6-7-20(15(19)21)13-5-3-4-12(16)8-13;/h3-5,8,10H,6-7,9H2,1-2H3;1H. The van der Waals surface area contributed by atoms with E-state index in [0.717, 1.165) is 17.1 Å². The molecule has 2 amide bonds. The zero-order valence-electron chi connectivity index (χ0n) is 12.5. The molecule has 0 N–H and O–H groups in total. The van der Waals surface area contributed by atoms with Gasteiger partial charge in [0.2, 0.25) is 0 Å². The lowest BCUT2D eigenvalue weighted by Gasteiger charge is -2.18. The highest BCUT2D eigenvalue weighted by Crippen LogP contribution is 2.24. The average Bonchev–Trinajstić information content (AvgIpc) is 2.97. The van der Waals surface area contributed by atoms with Crippen molar-refractivity contribution in [2.24, 2.45) is 7.05 Å². The number of halogens is 2. The number of carbonyl (C=O) groups excluding carboxylic acids is 1. The van der Waals surface area contributed by atoms with Crippen molar-refractivity contribution in [2.75, 3.05) is 18.0 Å². The number of hydrogen-bond donors (Lipinski definition) is 0. The van der Waals surface area contributed by atoms with Gasteiger partial charge in [0, 0.05) is 36.5 Å². The molecule has 1 aromatic carbocycles. The van der Waals surface area contributed by atoms with Gasteiger partial charge >= 0.3 is 6.03 Å². The van der Waals surface area contributed by atoms with Crippen LogP contribution in [-0.2, 0) is 13.6 Å². The van der Waals surface area contributed by atoms with Crippen molar-refractivity contribution in [3.63, 3.8) is 0 Å². The Morgan fingerprint density at radius 1 is 1.32 bits per heavy atom. The zero-order chi connectivity index (χ0) is 15.0. The molecule has 1 saturated heterocycles. The van der Waals surface area contributed by atoms with E-state index in [1.54, 1.807) is 17.3 Å². The van der Waals surface area contributed by atoms with Crippen LogP contribution in [0.5, 0.6) is 0 Å². The number of anilines is 1. The Balaban J connectivity index is 0.00000176. The maximum Gasteiger partial charge on any atom is 0.324 e. The molecular formula is C15H18Cl2N4O. The van der Waals surface area contributed by atoms with Gasteiger partial charge in [-0.05, 0) is 25.1 Å². The smallest absolute Gasteiger partial charge is 0.324 e. The number of rotatable bonds is 3. The summed E-state index contributed by atoms with van der Waals surface area (Å²) < 4.78 is 1.96. The van der Waals surface area contributed by atoms with Gasteiger partial charge in [-0.3, -0.25) is 4.90 Å². The molecule has 0 unspecified atom stereocenters. The normalized spacial score (nSPS) is 14.4. The molecule has 0 radical (unpaired) electrons. The Hall–Kier alpha value is -1.72. The van der Waals surface area contributed by atoms with Crippen LogP contribution < -0.4 is 4.90 Å². The van der Waals surface area contributed by atoms with E-state index in [9.17, 15) is 4.79 Å². The first-order valence-electron chi connectivity index (χ1n) is 6.85. The highest BCUT2D eigenvalue weighted by molar-refractivity contribution is 6.30. The Kier molecular flexibility index (Phi) is 4.98. The van der Waals surface area contributed by atoms with Crippen molar-refractivity contribution in [3.8, 4) is 0 Å². The number of aromatic nitrogens is 2. The van der Waals surface area contributed by atoms with Crippen LogP contribution >= 0.6 is 24.0 Å². The molecule has 1 aliphatic rings. The maximum absolute atomic E-state index is 12.5. The van der Waals surface area contributed by atoms with Crippen molar-refractivity contribution in [1.29, 1.82) is 0 Å². The lowest BCUT2D eigenvalue weighted by atomic mass is 10.3. The predicted molar refractivity (Wildman–Crippen MR) is 89.8 cm³/mol. The van der Waals surface area contributed by atoms with Gasteiger partial charge in [0.1, 0.15) is 0 Å². The minimum Gasteiger partial charge on any atom is -0.338 e. The van der Waals surface area contributed by atoms with Crippen LogP contribution in [0.4, 0.5) is 10.5 Å². The maximum atomic E-state index is 12.5. The number of carbonyl (C=O) groups is 1. The Labute approximate surface area is 140 Å². The van der Waals surface area contributed by atoms with Crippen LogP contribution in [0, 0.1) is 6.92 Å². The molecule has 0 bridgehead atoms. The summed E-state index contributed by atoms with van der Waals surface area (Å²) in [5, 5.41) is 0.638. The molecule has 0 spiro atoms. The second kappa shape index (κ2) is 6.58. The number of benzene rings is 1. The third-order valence-electron chi connectivity index (χ3n) is 3.89. The quantitative estimate of drug-likeness (QED) is 0.860. The zero-order valence-corrected chi connectivity index (χ0v) is 14.1. The largest absolute Gasteiger partial charge is 0.338 e. The first kappa shape index (κ1) is 16.6. The molecule has 5 nitrogen and oxygen atoms in total. The molecule has 1 fully saturated rings. The lowest BCUT2D eigenvalue weighted by Crippen LogP contribution is -2.31.